The van der Waals surface area contributed by atoms with Crippen molar-refractivity contribution in [3.63, 3.8) is 0 Å². The number of hydrogen-bond donors (Lipinski definition) is 0. The van der Waals surface area contributed by atoms with Crippen molar-refractivity contribution in [1.82, 2.24) is 9.13 Å². The van der Waals surface area contributed by atoms with Crippen LogP contribution in [0.3, 0.4) is 0 Å². The Morgan fingerprint density at radius 2 is 0.773 bits per heavy atom. The van der Waals surface area contributed by atoms with Gasteiger partial charge in [-0.05, 0) is 119 Å². The van der Waals surface area contributed by atoms with Gasteiger partial charge in [-0.3, -0.25) is 9.13 Å². The lowest BCUT2D eigenvalue weighted by atomic mass is 9.75. The van der Waals surface area contributed by atoms with Gasteiger partial charge in [-0.2, -0.15) is 0 Å². The van der Waals surface area contributed by atoms with E-state index in [-0.39, 0.29) is 16.2 Å². The van der Waals surface area contributed by atoms with Crippen molar-refractivity contribution in [2.24, 2.45) is 0 Å². The van der Waals surface area contributed by atoms with Gasteiger partial charge in [-0.1, -0.05) is 110 Å². The lowest BCUT2D eigenvalue weighted by molar-refractivity contribution is 0.554. The summed E-state index contributed by atoms with van der Waals surface area (Å²) in [6.07, 6.45) is 0. The predicted molar refractivity (Wildman–Crippen MR) is 195 cm³/mol. The molecule has 0 radical (unpaired) electrons. The summed E-state index contributed by atoms with van der Waals surface area (Å²) in [5.74, 6) is 0. The summed E-state index contributed by atoms with van der Waals surface area (Å²) < 4.78 is 5.16. The van der Waals surface area contributed by atoms with E-state index in [1.807, 2.05) is 0 Å². The fourth-order valence-electron chi connectivity index (χ4n) is 6.84. The maximum Gasteiger partial charge on any atom is 0.150 e. The van der Waals surface area contributed by atoms with E-state index in [2.05, 4.69) is 163 Å². The molecular weight excluding hydrogens is 551 g/mol. The Labute approximate surface area is 270 Å². The second-order valence-electron chi connectivity index (χ2n) is 16.4. The van der Waals surface area contributed by atoms with Gasteiger partial charge in [0.2, 0.25) is 0 Å². The molecule has 0 atom stereocenters. The molecule has 0 N–H and O–H groups in total. The van der Waals surface area contributed by atoms with E-state index in [4.69, 9.17) is 0 Å². The Morgan fingerprint density at radius 3 is 1.05 bits per heavy atom. The lowest BCUT2D eigenvalue weighted by Gasteiger charge is -2.32. The van der Waals surface area contributed by atoms with Crippen molar-refractivity contribution in [2.45, 2.75) is 134 Å². The Morgan fingerprint density at radius 1 is 0.455 bits per heavy atom. The molecular formula is C41H57N2P. The van der Waals surface area contributed by atoms with Crippen LogP contribution in [0.2, 0.25) is 0 Å². The number of aryl methyl sites for hydroxylation is 6. The molecule has 4 rings (SSSR count). The average molecular weight is 609 g/mol. The molecule has 0 unspecified atom stereocenters. The van der Waals surface area contributed by atoms with Crippen molar-refractivity contribution in [3.8, 4) is 11.4 Å². The molecule has 0 saturated heterocycles. The second-order valence-corrected chi connectivity index (χ2v) is 17.5. The van der Waals surface area contributed by atoms with E-state index in [0.29, 0.717) is 0 Å². The average Bonchev–Trinajstić information content (AvgIpc) is 3.06. The van der Waals surface area contributed by atoms with Crippen molar-refractivity contribution in [2.75, 3.05) is 0 Å². The molecule has 1 aromatic heterocycles. The van der Waals surface area contributed by atoms with E-state index in [1.165, 1.54) is 91.5 Å². The first-order valence-electron chi connectivity index (χ1n) is 16.3. The highest BCUT2D eigenvalue weighted by Gasteiger charge is 2.30. The van der Waals surface area contributed by atoms with E-state index >= 15 is 0 Å². The maximum atomic E-state index is 2.58. The zero-order chi connectivity index (χ0) is 33.3. The summed E-state index contributed by atoms with van der Waals surface area (Å²) in [5, 5.41) is 2.74. The summed E-state index contributed by atoms with van der Waals surface area (Å²) in [7, 11) is 1.22. The number of imidazole rings is 1. The SMILES string of the molecule is Cc1cc(C)c(-n2c(C)c(C)n(-c3c(C)cc(C)cc3C)c2=Pc2c(C(C)(C)C)cc(C(C)(C)C)cc2C(C)(C)C)c(C)c1. The smallest absolute Gasteiger partial charge is 0.150 e. The fourth-order valence-corrected chi connectivity index (χ4v) is 8.78. The normalized spacial score (nSPS) is 12.8. The molecule has 0 spiro atoms. The van der Waals surface area contributed by atoms with Crippen LogP contribution in [0.25, 0.3) is 11.4 Å². The summed E-state index contributed by atoms with van der Waals surface area (Å²) in [5.41, 5.74) is 17.4. The molecule has 0 saturated carbocycles. The van der Waals surface area contributed by atoms with E-state index in [9.17, 15) is 0 Å². The highest BCUT2D eigenvalue weighted by molar-refractivity contribution is 7.39. The number of rotatable bonds is 3. The quantitative estimate of drug-likeness (QED) is 0.205. The summed E-state index contributed by atoms with van der Waals surface area (Å²) in [6.45, 7) is 39.4. The van der Waals surface area contributed by atoms with Gasteiger partial charge in [0.15, 0.2) is 5.20 Å². The molecule has 0 aliphatic carbocycles. The van der Waals surface area contributed by atoms with Gasteiger partial charge >= 0.3 is 0 Å². The molecule has 0 aliphatic rings. The minimum Gasteiger partial charge on any atom is -0.294 e. The van der Waals surface area contributed by atoms with Crippen LogP contribution in [0.4, 0.5) is 0 Å². The molecule has 236 valence electrons. The zero-order valence-electron chi connectivity index (χ0n) is 30.8. The van der Waals surface area contributed by atoms with Crippen molar-refractivity contribution < 1.29 is 0 Å². The van der Waals surface area contributed by atoms with Crippen LogP contribution < -0.4 is 5.30 Å². The molecule has 0 fully saturated rings. The third-order valence-electron chi connectivity index (χ3n) is 9.12. The van der Waals surface area contributed by atoms with Gasteiger partial charge in [0.05, 0.1) is 11.4 Å². The first-order valence-corrected chi connectivity index (χ1v) is 17.1. The number of aromatic nitrogens is 2. The summed E-state index contributed by atoms with van der Waals surface area (Å²) in [6, 6.07) is 14.4. The van der Waals surface area contributed by atoms with Gasteiger partial charge in [0.25, 0.3) is 0 Å². The predicted octanol–water partition coefficient (Wildman–Crippen LogP) is 11.4. The van der Waals surface area contributed by atoms with Gasteiger partial charge < -0.3 is 0 Å². The molecule has 0 aliphatic heterocycles. The largest absolute Gasteiger partial charge is 0.294 e. The number of hydrogen-bond acceptors (Lipinski definition) is 0. The molecule has 4 aromatic rings. The van der Waals surface area contributed by atoms with Crippen LogP contribution in [0.15, 0.2) is 36.4 Å². The summed E-state index contributed by atoms with van der Waals surface area (Å²) >= 11 is 0. The molecule has 3 aromatic carbocycles. The van der Waals surface area contributed by atoms with Crippen molar-refractivity contribution in [1.29, 1.82) is 0 Å². The van der Waals surface area contributed by atoms with Crippen LogP contribution in [0.1, 0.15) is 124 Å². The first-order chi connectivity index (χ1) is 20.0. The molecule has 0 amide bonds. The standard InChI is InChI=1S/C41H57N2P/c1-24-18-26(3)35(27(4)19-24)42-30(7)31(8)43(36-28(5)20-25(2)21-29(36)6)38(42)44-37-33(40(12,13)14)22-32(39(9,10)11)23-34(37)41(15,16)17/h18-23H,1-17H3. The Balaban J connectivity index is 2.37. The molecule has 44 heavy (non-hydrogen) atoms. The van der Waals surface area contributed by atoms with Crippen LogP contribution in [-0.4, -0.2) is 9.13 Å². The van der Waals surface area contributed by atoms with Crippen molar-refractivity contribution >= 4 is 13.5 Å². The second kappa shape index (κ2) is 11.5. The highest BCUT2D eigenvalue weighted by atomic mass is 31.1. The van der Waals surface area contributed by atoms with Gasteiger partial charge in [-0.15, -0.1) is 0 Å². The van der Waals surface area contributed by atoms with Crippen molar-refractivity contribution in [3.05, 3.63) is 103 Å². The molecule has 1 heterocycles. The highest BCUT2D eigenvalue weighted by Crippen LogP contribution is 2.38. The number of nitrogens with zero attached hydrogens (tertiary/aromatic N) is 2. The minimum atomic E-state index is -0.0126. The van der Waals surface area contributed by atoms with E-state index < -0.39 is 0 Å². The zero-order valence-corrected chi connectivity index (χ0v) is 31.7. The minimum absolute atomic E-state index is 0.0126. The van der Waals surface area contributed by atoms with E-state index in [0.717, 1.165) is 0 Å². The van der Waals surface area contributed by atoms with Gasteiger partial charge in [0, 0.05) is 16.7 Å². The van der Waals surface area contributed by atoms with Gasteiger partial charge in [0.1, 0.15) is 0 Å². The fraction of sp³-hybridized carbons (Fsp3) is 0.488. The van der Waals surface area contributed by atoms with Crippen LogP contribution >= 0.6 is 8.20 Å². The number of benzene rings is 3. The third kappa shape index (κ3) is 6.30. The van der Waals surface area contributed by atoms with Crippen LogP contribution in [0, 0.1) is 60.6 Å². The Hall–Kier alpha value is -2.83. The maximum absolute atomic E-state index is 2.58. The van der Waals surface area contributed by atoms with E-state index in [1.54, 1.807) is 0 Å². The van der Waals surface area contributed by atoms with Crippen LogP contribution in [0.5, 0.6) is 0 Å². The Kier molecular flexibility index (Phi) is 8.91. The third-order valence-corrected chi connectivity index (χ3v) is 10.4. The Bertz CT molecular complexity index is 1650. The first kappa shape index (κ1) is 34.1. The monoisotopic (exact) mass is 608 g/mol. The topological polar surface area (TPSA) is 9.86 Å². The molecule has 2 nitrogen and oxygen atoms in total. The molecule has 3 heteroatoms. The lowest BCUT2D eigenvalue weighted by Crippen LogP contribution is -2.30. The molecule has 0 bridgehead atoms. The van der Waals surface area contributed by atoms with Crippen LogP contribution in [-0.2, 0) is 16.2 Å². The summed E-state index contributed by atoms with van der Waals surface area (Å²) in [4.78, 5) is 0. The van der Waals surface area contributed by atoms with Gasteiger partial charge in [-0.25, -0.2) is 0 Å².